The van der Waals surface area contributed by atoms with Gasteiger partial charge in [-0.15, -0.1) is 0 Å². The van der Waals surface area contributed by atoms with Crippen molar-refractivity contribution in [2.24, 2.45) is 5.41 Å². The number of piperidine rings is 1. The van der Waals surface area contributed by atoms with Crippen LogP contribution >= 0.6 is 0 Å². The molecular formula is C22H31N3O2. The van der Waals surface area contributed by atoms with Gasteiger partial charge in [0.05, 0.1) is 12.0 Å². The van der Waals surface area contributed by atoms with Crippen LogP contribution in [0.3, 0.4) is 0 Å². The standard InChI is InChI=1S/C22H31N3O2/c1-3-24-12-8-19-18(6-4-7-20(19)24)16-23-13-10-22(17-23)9-5-11-25(21(22)26)14-15-27-2/h4,6-8,12H,3,5,9-11,13-17H2,1-2H3/t22-/m1/s1. The third-order valence-corrected chi connectivity index (χ3v) is 6.46. The SMILES string of the molecule is CCn1ccc2c(CN3CC[C@]4(CCCN(CCOC)C4=O)C3)cccc21. The summed E-state index contributed by atoms with van der Waals surface area (Å²) >= 11 is 0. The molecule has 2 aromatic rings. The van der Waals surface area contributed by atoms with E-state index in [2.05, 4.69) is 46.9 Å². The third kappa shape index (κ3) is 3.39. The van der Waals surface area contributed by atoms with Crippen LogP contribution < -0.4 is 0 Å². The van der Waals surface area contributed by atoms with Gasteiger partial charge >= 0.3 is 0 Å². The number of methoxy groups -OCH3 is 1. The molecule has 1 atom stereocenters. The second-order valence-electron chi connectivity index (χ2n) is 8.08. The number of carbonyl (C=O) groups is 1. The van der Waals surface area contributed by atoms with E-state index in [1.165, 1.54) is 16.5 Å². The second-order valence-corrected chi connectivity index (χ2v) is 8.08. The minimum atomic E-state index is -0.171. The maximum absolute atomic E-state index is 13.1. The normalized spacial score (nSPS) is 23.8. The van der Waals surface area contributed by atoms with Gasteiger partial charge in [0.1, 0.15) is 0 Å². The summed E-state index contributed by atoms with van der Waals surface area (Å²) in [6, 6.07) is 8.83. The molecule has 5 heteroatoms. The number of aromatic nitrogens is 1. The number of amides is 1. The van der Waals surface area contributed by atoms with E-state index in [0.717, 1.165) is 58.5 Å². The van der Waals surface area contributed by atoms with Crippen LogP contribution in [0.2, 0.25) is 0 Å². The van der Waals surface area contributed by atoms with E-state index in [1.54, 1.807) is 7.11 Å². The smallest absolute Gasteiger partial charge is 0.230 e. The highest BCUT2D eigenvalue weighted by Gasteiger charge is 2.48. The molecule has 3 heterocycles. The molecule has 2 saturated heterocycles. The van der Waals surface area contributed by atoms with Gasteiger partial charge in [0.25, 0.3) is 0 Å². The van der Waals surface area contributed by atoms with E-state index in [4.69, 9.17) is 4.74 Å². The van der Waals surface area contributed by atoms with Crippen molar-refractivity contribution >= 4 is 16.8 Å². The highest BCUT2D eigenvalue weighted by Crippen LogP contribution is 2.40. The molecule has 0 saturated carbocycles. The number of carbonyl (C=O) groups excluding carboxylic acids is 1. The Morgan fingerprint density at radius 3 is 2.89 bits per heavy atom. The topological polar surface area (TPSA) is 37.7 Å². The summed E-state index contributed by atoms with van der Waals surface area (Å²) in [6.07, 6.45) is 5.31. The summed E-state index contributed by atoms with van der Waals surface area (Å²) in [5, 5.41) is 1.34. The zero-order valence-corrected chi connectivity index (χ0v) is 16.6. The third-order valence-electron chi connectivity index (χ3n) is 6.46. The predicted molar refractivity (Wildman–Crippen MR) is 108 cm³/mol. The van der Waals surface area contributed by atoms with E-state index < -0.39 is 0 Å². The summed E-state index contributed by atoms with van der Waals surface area (Å²) in [6.45, 7) is 8.23. The lowest BCUT2D eigenvalue weighted by Crippen LogP contribution is -2.50. The minimum Gasteiger partial charge on any atom is -0.383 e. The summed E-state index contributed by atoms with van der Waals surface area (Å²) in [7, 11) is 1.70. The monoisotopic (exact) mass is 369 g/mol. The molecule has 5 nitrogen and oxygen atoms in total. The van der Waals surface area contributed by atoms with Gasteiger partial charge in [0, 0.05) is 56.9 Å². The van der Waals surface area contributed by atoms with Gasteiger partial charge < -0.3 is 14.2 Å². The fourth-order valence-corrected chi connectivity index (χ4v) is 4.98. The molecule has 1 spiro atoms. The number of nitrogens with zero attached hydrogens (tertiary/aromatic N) is 3. The molecule has 1 aromatic carbocycles. The number of hydrogen-bond acceptors (Lipinski definition) is 3. The number of benzene rings is 1. The van der Waals surface area contributed by atoms with Crippen molar-refractivity contribution in [3.8, 4) is 0 Å². The molecule has 1 aromatic heterocycles. The minimum absolute atomic E-state index is 0.171. The lowest BCUT2D eigenvalue weighted by atomic mass is 9.78. The molecule has 2 aliphatic heterocycles. The molecular weight excluding hydrogens is 338 g/mol. The molecule has 146 valence electrons. The van der Waals surface area contributed by atoms with Gasteiger partial charge in [-0.1, -0.05) is 12.1 Å². The number of fused-ring (bicyclic) bond motifs is 1. The summed E-state index contributed by atoms with van der Waals surface area (Å²) in [5.41, 5.74) is 2.51. The van der Waals surface area contributed by atoms with Crippen molar-refractivity contribution in [2.75, 3.05) is 39.9 Å². The highest BCUT2D eigenvalue weighted by molar-refractivity contribution is 5.85. The number of aryl methyl sites for hydroxylation is 1. The summed E-state index contributed by atoms with van der Waals surface area (Å²) in [4.78, 5) is 17.7. The van der Waals surface area contributed by atoms with Crippen molar-refractivity contribution in [3.05, 3.63) is 36.0 Å². The number of likely N-dealkylation sites (tertiary alicyclic amines) is 2. The van der Waals surface area contributed by atoms with Crippen molar-refractivity contribution in [1.82, 2.24) is 14.4 Å². The van der Waals surface area contributed by atoms with Gasteiger partial charge in [-0.05, 0) is 50.4 Å². The predicted octanol–water partition coefficient (Wildman–Crippen LogP) is 3.12. The second kappa shape index (κ2) is 7.64. The Morgan fingerprint density at radius 2 is 2.07 bits per heavy atom. The molecule has 0 radical (unpaired) electrons. The van der Waals surface area contributed by atoms with Crippen LogP contribution in [0, 0.1) is 5.41 Å². The first-order chi connectivity index (χ1) is 13.2. The summed E-state index contributed by atoms with van der Waals surface area (Å²) < 4.78 is 7.48. The molecule has 27 heavy (non-hydrogen) atoms. The van der Waals surface area contributed by atoms with Crippen LogP contribution in [0.25, 0.3) is 10.9 Å². The Balaban J connectivity index is 1.48. The lowest BCUT2D eigenvalue weighted by Gasteiger charge is -2.39. The van der Waals surface area contributed by atoms with Crippen molar-refractivity contribution in [3.63, 3.8) is 0 Å². The van der Waals surface area contributed by atoms with Gasteiger partial charge in [0.15, 0.2) is 0 Å². The average Bonchev–Trinajstić information content (AvgIpc) is 3.28. The number of hydrogen-bond donors (Lipinski definition) is 0. The zero-order chi connectivity index (χ0) is 18.9. The van der Waals surface area contributed by atoms with Crippen LogP contribution in [0.1, 0.15) is 31.7 Å². The largest absolute Gasteiger partial charge is 0.383 e. The van der Waals surface area contributed by atoms with Gasteiger partial charge in [0.2, 0.25) is 5.91 Å². The molecule has 1 amide bonds. The zero-order valence-electron chi connectivity index (χ0n) is 16.6. The van der Waals surface area contributed by atoms with Gasteiger partial charge in [-0.2, -0.15) is 0 Å². The number of rotatable bonds is 6. The van der Waals surface area contributed by atoms with E-state index >= 15 is 0 Å². The van der Waals surface area contributed by atoms with Gasteiger partial charge in [-0.25, -0.2) is 0 Å². The maximum Gasteiger partial charge on any atom is 0.230 e. The molecule has 0 bridgehead atoms. The van der Waals surface area contributed by atoms with Crippen molar-refractivity contribution < 1.29 is 9.53 Å². The van der Waals surface area contributed by atoms with Crippen LogP contribution in [0.4, 0.5) is 0 Å². The Hall–Kier alpha value is -1.85. The van der Waals surface area contributed by atoms with E-state index in [9.17, 15) is 4.79 Å². The molecule has 0 aliphatic carbocycles. The lowest BCUT2D eigenvalue weighted by molar-refractivity contribution is -0.146. The first kappa shape index (κ1) is 18.5. The first-order valence-electron chi connectivity index (χ1n) is 10.2. The van der Waals surface area contributed by atoms with Crippen LogP contribution in [-0.2, 0) is 22.6 Å². The Kier molecular flexibility index (Phi) is 5.24. The van der Waals surface area contributed by atoms with Crippen LogP contribution in [-0.4, -0.2) is 60.2 Å². The molecule has 0 N–H and O–H groups in total. The van der Waals surface area contributed by atoms with Crippen molar-refractivity contribution in [1.29, 1.82) is 0 Å². The molecule has 0 unspecified atom stereocenters. The van der Waals surface area contributed by atoms with Crippen LogP contribution in [0.15, 0.2) is 30.5 Å². The van der Waals surface area contributed by atoms with Crippen molar-refractivity contribution in [2.45, 2.75) is 39.3 Å². The fraction of sp³-hybridized carbons (Fsp3) is 0.591. The fourth-order valence-electron chi connectivity index (χ4n) is 4.98. The Labute approximate surface area is 161 Å². The Morgan fingerprint density at radius 1 is 1.19 bits per heavy atom. The average molecular weight is 370 g/mol. The maximum atomic E-state index is 13.1. The highest BCUT2D eigenvalue weighted by atomic mass is 16.5. The van der Waals surface area contributed by atoms with E-state index in [1.807, 2.05) is 4.90 Å². The van der Waals surface area contributed by atoms with E-state index in [-0.39, 0.29) is 5.41 Å². The molecule has 2 fully saturated rings. The number of ether oxygens (including phenoxy) is 1. The van der Waals surface area contributed by atoms with E-state index in [0.29, 0.717) is 12.5 Å². The molecule has 4 rings (SSSR count). The van der Waals surface area contributed by atoms with Crippen LogP contribution in [0.5, 0.6) is 0 Å². The quantitative estimate of drug-likeness (QED) is 0.785. The molecule has 2 aliphatic rings. The first-order valence-corrected chi connectivity index (χ1v) is 10.2. The van der Waals surface area contributed by atoms with Gasteiger partial charge in [-0.3, -0.25) is 9.69 Å². The Bertz CT molecular complexity index is 815. The summed E-state index contributed by atoms with van der Waals surface area (Å²) in [5.74, 6) is 0.351.